The predicted octanol–water partition coefficient (Wildman–Crippen LogP) is 3.83. The highest BCUT2D eigenvalue weighted by Crippen LogP contribution is 2.16. The lowest BCUT2D eigenvalue weighted by Crippen LogP contribution is -2.53. The number of aliphatic hydroxyl groups is 1. The minimum absolute atomic E-state index is 0.0416. The Hall–Kier alpha value is -3.23. The topological polar surface area (TPSA) is 119 Å². The zero-order valence-electron chi connectivity index (χ0n) is 26.2. The van der Waals surface area contributed by atoms with Crippen LogP contribution in [0, 0.1) is 18.3 Å². The Morgan fingerprint density at radius 1 is 0.953 bits per heavy atom. The van der Waals surface area contributed by atoms with Crippen LogP contribution in [0.3, 0.4) is 0 Å². The number of sulfonamides is 1. The van der Waals surface area contributed by atoms with Crippen LogP contribution in [0.25, 0.3) is 0 Å². The van der Waals surface area contributed by atoms with Gasteiger partial charge in [0.1, 0.15) is 0 Å². The molecule has 0 saturated carbocycles. The molecule has 43 heavy (non-hydrogen) atoms. The van der Waals surface area contributed by atoms with E-state index in [1.165, 1.54) is 11.1 Å². The number of aliphatic hydroxyl groups excluding tert-OH is 1. The molecule has 0 aliphatic heterocycles. The normalized spacial score (nSPS) is 13.0. The summed E-state index contributed by atoms with van der Waals surface area (Å²) >= 11 is 0. The number of benzene rings is 2. The standard InChI is InChI=1S/C33H48N4O5S/c1-7-16-36(17-8-2)33(40)29-20-26(10-4)19-28(22-29)32(39)34-30(21-27-14-12-11-13-15-27)31(38)23-37(18-9-3)35-43(41,42)24-25(5)6/h4,11-15,19-20,22,25,30-31,35,38H,7-9,16-18,21,23-24H2,1-3,5-6H3,(H,34,39). The molecule has 0 radical (unpaired) electrons. The van der Waals surface area contributed by atoms with E-state index in [4.69, 9.17) is 6.42 Å². The minimum Gasteiger partial charge on any atom is -0.390 e. The molecular weight excluding hydrogens is 564 g/mol. The molecular formula is C33H48N4O5S. The van der Waals surface area contributed by atoms with E-state index in [2.05, 4.69) is 16.1 Å². The van der Waals surface area contributed by atoms with Crippen molar-refractivity contribution in [1.82, 2.24) is 20.1 Å². The molecule has 2 amide bonds. The van der Waals surface area contributed by atoms with E-state index in [-0.39, 0.29) is 29.7 Å². The summed E-state index contributed by atoms with van der Waals surface area (Å²) < 4.78 is 25.3. The second-order valence-corrected chi connectivity index (χ2v) is 13.0. The van der Waals surface area contributed by atoms with Gasteiger partial charge in [-0.25, -0.2) is 13.4 Å². The Balaban J connectivity index is 2.37. The molecule has 2 rings (SSSR count). The Bertz CT molecular complexity index is 1320. The molecule has 2 atom stereocenters. The highest BCUT2D eigenvalue weighted by molar-refractivity contribution is 7.89. The maximum atomic E-state index is 13.6. The number of nitrogens with zero attached hydrogens (tertiary/aromatic N) is 2. The quantitative estimate of drug-likeness (QED) is 0.174. The van der Waals surface area contributed by atoms with Crippen LogP contribution in [-0.4, -0.2) is 79.3 Å². The van der Waals surface area contributed by atoms with Crippen LogP contribution in [0.5, 0.6) is 0 Å². The van der Waals surface area contributed by atoms with E-state index in [0.29, 0.717) is 43.6 Å². The van der Waals surface area contributed by atoms with Gasteiger partial charge in [0.25, 0.3) is 11.8 Å². The third kappa shape index (κ3) is 12.1. The second-order valence-electron chi connectivity index (χ2n) is 11.3. The molecule has 3 N–H and O–H groups in total. The van der Waals surface area contributed by atoms with Crippen LogP contribution in [0.1, 0.15) is 85.7 Å². The third-order valence-corrected chi connectivity index (χ3v) is 8.33. The summed E-state index contributed by atoms with van der Waals surface area (Å²) in [5, 5.41) is 15.8. The maximum Gasteiger partial charge on any atom is 0.253 e. The van der Waals surface area contributed by atoms with Crippen molar-refractivity contribution >= 4 is 21.8 Å². The number of hydrogen-bond donors (Lipinski definition) is 3. The zero-order chi connectivity index (χ0) is 32.0. The Kier molecular flexibility index (Phi) is 14.9. The summed E-state index contributed by atoms with van der Waals surface area (Å²) in [7, 11) is -3.61. The summed E-state index contributed by atoms with van der Waals surface area (Å²) in [4.78, 5) is 31.3. The van der Waals surface area contributed by atoms with Gasteiger partial charge in [0.05, 0.1) is 17.9 Å². The van der Waals surface area contributed by atoms with E-state index < -0.39 is 28.1 Å². The molecule has 0 bridgehead atoms. The van der Waals surface area contributed by atoms with E-state index in [0.717, 1.165) is 18.4 Å². The van der Waals surface area contributed by atoms with Crippen LogP contribution in [0.15, 0.2) is 48.5 Å². The lowest BCUT2D eigenvalue weighted by atomic mass is 9.99. The van der Waals surface area contributed by atoms with Crippen molar-refractivity contribution in [3.8, 4) is 12.3 Å². The largest absolute Gasteiger partial charge is 0.390 e. The minimum atomic E-state index is -3.61. The van der Waals surface area contributed by atoms with Crippen LogP contribution in [0.4, 0.5) is 0 Å². The molecule has 9 nitrogen and oxygen atoms in total. The van der Waals surface area contributed by atoms with Crippen molar-refractivity contribution in [2.45, 2.75) is 72.4 Å². The molecule has 0 spiro atoms. The summed E-state index contributed by atoms with van der Waals surface area (Å²) in [6, 6.07) is 13.3. The first-order valence-corrected chi connectivity index (χ1v) is 16.8. The van der Waals surface area contributed by atoms with Crippen molar-refractivity contribution in [2.75, 3.05) is 31.9 Å². The van der Waals surface area contributed by atoms with Gasteiger partial charge in [-0.3, -0.25) is 9.59 Å². The molecule has 0 aromatic heterocycles. The monoisotopic (exact) mass is 612 g/mol. The van der Waals surface area contributed by atoms with Gasteiger partial charge < -0.3 is 15.3 Å². The number of terminal acetylenes is 1. The van der Waals surface area contributed by atoms with Crippen LogP contribution >= 0.6 is 0 Å². The summed E-state index contributed by atoms with van der Waals surface area (Å²) in [5.41, 5.74) is 1.83. The number of carbonyl (C=O) groups is 2. The molecule has 2 unspecified atom stereocenters. The smallest absolute Gasteiger partial charge is 0.253 e. The number of amides is 2. The fourth-order valence-corrected chi connectivity index (χ4v) is 6.39. The van der Waals surface area contributed by atoms with Crippen molar-refractivity contribution in [2.24, 2.45) is 5.92 Å². The van der Waals surface area contributed by atoms with Gasteiger partial charge in [0.15, 0.2) is 0 Å². The summed E-state index contributed by atoms with van der Waals surface area (Å²) in [5.74, 6) is 1.74. The van der Waals surface area contributed by atoms with E-state index in [1.807, 2.05) is 65.0 Å². The molecule has 0 heterocycles. The predicted molar refractivity (Wildman–Crippen MR) is 172 cm³/mol. The molecule has 0 fully saturated rings. The van der Waals surface area contributed by atoms with Gasteiger partial charge in [0.2, 0.25) is 10.0 Å². The van der Waals surface area contributed by atoms with E-state index in [9.17, 15) is 23.1 Å². The molecule has 2 aromatic rings. The number of carbonyl (C=O) groups excluding carboxylic acids is 2. The lowest BCUT2D eigenvalue weighted by Gasteiger charge is -2.30. The highest BCUT2D eigenvalue weighted by Gasteiger charge is 2.27. The summed E-state index contributed by atoms with van der Waals surface area (Å²) in [6.07, 6.45) is 7.11. The molecule has 10 heteroatoms. The summed E-state index contributed by atoms with van der Waals surface area (Å²) in [6.45, 7) is 11.1. The zero-order valence-corrected chi connectivity index (χ0v) is 27.0. The van der Waals surface area contributed by atoms with E-state index >= 15 is 0 Å². The Labute approximate surface area is 258 Å². The van der Waals surface area contributed by atoms with Gasteiger partial charge in [-0.15, -0.1) is 11.3 Å². The van der Waals surface area contributed by atoms with Crippen molar-refractivity contribution < 1.29 is 23.1 Å². The highest BCUT2D eigenvalue weighted by atomic mass is 32.2. The fraction of sp³-hybridized carbons (Fsp3) is 0.515. The molecule has 0 aliphatic rings. The Morgan fingerprint density at radius 2 is 1.56 bits per heavy atom. The lowest BCUT2D eigenvalue weighted by molar-refractivity contribution is 0.0618. The first kappa shape index (κ1) is 36.0. The van der Waals surface area contributed by atoms with Crippen LogP contribution in [-0.2, 0) is 16.4 Å². The molecule has 2 aromatic carbocycles. The Morgan fingerprint density at radius 3 is 2.12 bits per heavy atom. The second kappa shape index (κ2) is 17.8. The van der Waals surface area contributed by atoms with Crippen molar-refractivity contribution in [3.05, 3.63) is 70.8 Å². The van der Waals surface area contributed by atoms with Crippen molar-refractivity contribution in [1.29, 1.82) is 0 Å². The van der Waals surface area contributed by atoms with E-state index in [1.54, 1.807) is 17.0 Å². The van der Waals surface area contributed by atoms with Gasteiger partial charge >= 0.3 is 0 Å². The van der Waals surface area contributed by atoms with Gasteiger partial charge in [-0.2, -0.15) is 0 Å². The first-order valence-electron chi connectivity index (χ1n) is 15.1. The number of hydrogen-bond acceptors (Lipinski definition) is 6. The molecule has 0 aliphatic carbocycles. The van der Waals surface area contributed by atoms with Gasteiger partial charge in [-0.1, -0.05) is 70.9 Å². The third-order valence-electron chi connectivity index (χ3n) is 6.68. The van der Waals surface area contributed by atoms with Crippen molar-refractivity contribution in [3.63, 3.8) is 0 Å². The fourth-order valence-electron chi connectivity index (χ4n) is 4.88. The molecule has 236 valence electrons. The molecule has 0 saturated heterocycles. The SMILES string of the molecule is C#Cc1cc(C(=O)NC(Cc2ccccc2)C(O)CN(CCC)NS(=O)(=O)CC(C)C)cc(C(=O)N(CCC)CCC)c1. The van der Waals surface area contributed by atoms with Gasteiger partial charge in [-0.05, 0) is 55.4 Å². The number of hydrazine groups is 1. The maximum absolute atomic E-state index is 13.6. The number of nitrogens with one attached hydrogen (secondary N) is 2. The van der Waals surface area contributed by atoms with Gasteiger partial charge in [0, 0.05) is 42.9 Å². The van der Waals surface area contributed by atoms with Crippen LogP contribution < -0.4 is 10.1 Å². The number of rotatable bonds is 18. The van der Waals surface area contributed by atoms with Crippen LogP contribution in [0.2, 0.25) is 0 Å². The first-order chi connectivity index (χ1) is 20.4. The average molecular weight is 613 g/mol. The average Bonchev–Trinajstić information content (AvgIpc) is 2.95.